The minimum atomic E-state index is -0.663. The maximum Gasteiger partial charge on any atom is 0.303 e. The molecule has 2 bridgehead atoms. The summed E-state index contributed by atoms with van der Waals surface area (Å²) in [5.74, 6) is 2.37. The van der Waals surface area contributed by atoms with Gasteiger partial charge >= 0.3 is 5.97 Å². The van der Waals surface area contributed by atoms with Crippen molar-refractivity contribution in [3.8, 4) is 0 Å². The Bertz CT molecular complexity index is 275. The molecule has 3 saturated carbocycles. The van der Waals surface area contributed by atoms with Crippen LogP contribution in [0.15, 0.2) is 0 Å². The smallest absolute Gasteiger partial charge is 0.303 e. The number of rotatable bonds is 3. The Labute approximate surface area is 83.7 Å². The molecule has 0 spiro atoms. The van der Waals surface area contributed by atoms with Crippen LogP contribution < -0.4 is 5.73 Å². The zero-order valence-corrected chi connectivity index (χ0v) is 8.28. The number of fused-ring (bicyclic) bond motifs is 1. The van der Waals surface area contributed by atoms with E-state index < -0.39 is 5.97 Å². The molecule has 2 unspecified atom stereocenters. The van der Waals surface area contributed by atoms with Crippen LogP contribution in [0.5, 0.6) is 0 Å². The van der Waals surface area contributed by atoms with Crippen molar-refractivity contribution in [1.29, 1.82) is 0 Å². The van der Waals surface area contributed by atoms with Crippen molar-refractivity contribution < 1.29 is 9.90 Å². The number of aliphatic carboxylic acids is 1. The topological polar surface area (TPSA) is 63.3 Å². The molecule has 0 saturated heterocycles. The summed E-state index contributed by atoms with van der Waals surface area (Å²) in [5.41, 5.74) is 5.81. The summed E-state index contributed by atoms with van der Waals surface area (Å²) in [6.07, 6.45) is 4.18. The summed E-state index contributed by atoms with van der Waals surface area (Å²) in [4.78, 5) is 10.9. The molecule has 0 aromatic rings. The van der Waals surface area contributed by atoms with Gasteiger partial charge < -0.3 is 10.8 Å². The molecule has 0 radical (unpaired) electrons. The van der Waals surface area contributed by atoms with E-state index in [0.717, 1.165) is 11.8 Å². The lowest BCUT2D eigenvalue weighted by molar-refractivity contribution is -0.158. The molecule has 3 nitrogen and oxygen atoms in total. The average Bonchev–Trinajstić information content (AvgIpc) is 2.70. The molecule has 14 heavy (non-hydrogen) atoms. The van der Waals surface area contributed by atoms with Crippen molar-refractivity contribution in [3.05, 3.63) is 0 Å². The van der Waals surface area contributed by atoms with Gasteiger partial charge in [-0.05, 0) is 54.9 Å². The third-order valence-electron chi connectivity index (χ3n) is 5.15. The van der Waals surface area contributed by atoms with Gasteiger partial charge in [-0.15, -0.1) is 0 Å². The highest BCUT2D eigenvalue weighted by molar-refractivity contribution is 5.68. The first-order valence-electron chi connectivity index (χ1n) is 5.59. The quantitative estimate of drug-likeness (QED) is 0.708. The summed E-state index contributed by atoms with van der Waals surface area (Å²) in [7, 11) is 0. The second kappa shape index (κ2) is 2.51. The minimum Gasteiger partial charge on any atom is -0.481 e. The molecule has 3 rings (SSSR count). The lowest BCUT2D eigenvalue weighted by atomic mass is 9.44. The van der Waals surface area contributed by atoms with Crippen LogP contribution in [0.1, 0.15) is 25.7 Å². The molecule has 0 aromatic heterocycles. The van der Waals surface area contributed by atoms with Gasteiger partial charge in [0.15, 0.2) is 0 Å². The third-order valence-corrected chi connectivity index (χ3v) is 5.15. The van der Waals surface area contributed by atoms with E-state index in [-0.39, 0.29) is 5.41 Å². The Balaban J connectivity index is 1.86. The van der Waals surface area contributed by atoms with Gasteiger partial charge in [0, 0.05) is 0 Å². The second-order valence-corrected chi connectivity index (χ2v) is 5.46. The van der Waals surface area contributed by atoms with Gasteiger partial charge in [-0.2, -0.15) is 0 Å². The molecule has 78 valence electrons. The average molecular weight is 195 g/mol. The van der Waals surface area contributed by atoms with E-state index in [0.29, 0.717) is 24.8 Å². The first-order chi connectivity index (χ1) is 6.67. The molecule has 0 amide bonds. The molecule has 3 fully saturated rings. The fourth-order valence-corrected chi connectivity index (χ4v) is 4.75. The Morgan fingerprint density at radius 2 is 2.00 bits per heavy atom. The molecule has 3 aliphatic carbocycles. The van der Waals surface area contributed by atoms with Crippen LogP contribution in [0, 0.1) is 29.1 Å². The predicted octanol–water partition coefficient (Wildman–Crippen LogP) is 1.08. The molecule has 3 heteroatoms. The van der Waals surface area contributed by atoms with Crippen LogP contribution in [-0.4, -0.2) is 17.6 Å². The van der Waals surface area contributed by atoms with Crippen molar-refractivity contribution in [2.45, 2.75) is 25.7 Å². The number of hydrogen-bond acceptors (Lipinski definition) is 2. The van der Waals surface area contributed by atoms with E-state index >= 15 is 0 Å². The maximum atomic E-state index is 10.9. The highest BCUT2D eigenvalue weighted by Gasteiger charge is 2.68. The Morgan fingerprint density at radius 3 is 2.36 bits per heavy atom. The molecule has 2 atom stereocenters. The summed E-state index contributed by atoms with van der Waals surface area (Å²) in [6, 6.07) is 0. The van der Waals surface area contributed by atoms with Crippen molar-refractivity contribution in [2.75, 3.05) is 6.54 Å². The van der Waals surface area contributed by atoms with Gasteiger partial charge in [-0.3, -0.25) is 4.79 Å². The van der Waals surface area contributed by atoms with E-state index in [2.05, 4.69) is 0 Å². The van der Waals surface area contributed by atoms with Crippen LogP contribution in [-0.2, 0) is 4.79 Å². The fraction of sp³-hybridized carbons (Fsp3) is 0.909. The predicted molar refractivity (Wildman–Crippen MR) is 51.6 cm³/mol. The number of carbonyl (C=O) groups is 1. The standard InChI is InChI=1S/C11H17NO2/c12-5-11(4-10(13)14)8-2-6-1-7(8)9(11)3-6/h6-9H,1-5,12H2,(H,13,14). The summed E-state index contributed by atoms with van der Waals surface area (Å²) >= 11 is 0. The van der Waals surface area contributed by atoms with Crippen molar-refractivity contribution in [3.63, 3.8) is 0 Å². The number of carboxylic acid groups (broad SMARTS) is 1. The Morgan fingerprint density at radius 1 is 1.36 bits per heavy atom. The van der Waals surface area contributed by atoms with E-state index in [1.165, 1.54) is 19.3 Å². The zero-order chi connectivity index (χ0) is 9.92. The summed E-state index contributed by atoms with van der Waals surface area (Å²) < 4.78 is 0. The van der Waals surface area contributed by atoms with Crippen LogP contribution in [0.25, 0.3) is 0 Å². The minimum absolute atomic E-state index is 0.0104. The van der Waals surface area contributed by atoms with Crippen LogP contribution in [0.3, 0.4) is 0 Å². The molecule has 0 aromatic carbocycles. The SMILES string of the molecule is NCC1(CC(=O)O)C2CC3CC2C1C3. The monoisotopic (exact) mass is 195 g/mol. The maximum absolute atomic E-state index is 10.9. The van der Waals surface area contributed by atoms with E-state index in [9.17, 15) is 4.79 Å². The molecule has 0 aliphatic heterocycles. The lowest BCUT2D eigenvalue weighted by Crippen LogP contribution is -2.60. The highest BCUT2D eigenvalue weighted by atomic mass is 16.4. The zero-order valence-electron chi connectivity index (χ0n) is 8.28. The summed E-state index contributed by atoms with van der Waals surface area (Å²) in [5, 5.41) is 8.94. The number of nitrogens with two attached hydrogens (primary N) is 1. The van der Waals surface area contributed by atoms with Crippen molar-refractivity contribution in [2.24, 2.45) is 34.8 Å². The molecular formula is C11H17NO2. The second-order valence-electron chi connectivity index (χ2n) is 5.46. The van der Waals surface area contributed by atoms with Gasteiger partial charge in [0.2, 0.25) is 0 Å². The van der Waals surface area contributed by atoms with Gasteiger partial charge in [0.25, 0.3) is 0 Å². The van der Waals surface area contributed by atoms with E-state index in [1.54, 1.807) is 0 Å². The van der Waals surface area contributed by atoms with Crippen LogP contribution in [0.4, 0.5) is 0 Å². The normalized spacial score (nSPS) is 53.2. The van der Waals surface area contributed by atoms with E-state index in [1.807, 2.05) is 0 Å². The lowest BCUT2D eigenvalue weighted by Gasteiger charge is -2.60. The molecule has 3 N–H and O–H groups in total. The molecule has 3 aliphatic rings. The summed E-state index contributed by atoms with van der Waals surface area (Å²) in [6.45, 7) is 0.581. The first kappa shape index (κ1) is 8.72. The van der Waals surface area contributed by atoms with Crippen LogP contribution in [0.2, 0.25) is 0 Å². The largest absolute Gasteiger partial charge is 0.481 e. The first-order valence-corrected chi connectivity index (χ1v) is 5.59. The van der Waals surface area contributed by atoms with Crippen molar-refractivity contribution >= 4 is 5.97 Å². The van der Waals surface area contributed by atoms with Crippen molar-refractivity contribution in [1.82, 2.24) is 0 Å². The molecule has 0 heterocycles. The third kappa shape index (κ3) is 0.800. The fourth-order valence-electron chi connectivity index (χ4n) is 4.75. The highest BCUT2D eigenvalue weighted by Crippen LogP contribution is 2.73. The van der Waals surface area contributed by atoms with Gasteiger partial charge in [0.1, 0.15) is 0 Å². The van der Waals surface area contributed by atoms with Gasteiger partial charge in [-0.25, -0.2) is 0 Å². The Hall–Kier alpha value is -0.570. The number of hydrogen-bond donors (Lipinski definition) is 2. The molecular weight excluding hydrogens is 178 g/mol. The van der Waals surface area contributed by atoms with Gasteiger partial charge in [-0.1, -0.05) is 0 Å². The van der Waals surface area contributed by atoms with E-state index in [4.69, 9.17) is 10.8 Å². The number of carboxylic acids is 1. The Kier molecular flexibility index (Phi) is 1.56. The van der Waals surface area contributed by atoms with Crippen LogP contribution >= 0.6 is 0 Å². The van der Waals surface area contributed by atoms with Gasteiger partial charge in [0.05, 0.1) is 6.42 Å².